The zero-order valence-electron chi connectivity index (χ0n) is 17.4. The van der Waals surface area contributed by atoms with Gasteiger partial charge >= 0.3 is 6.09 Å². The summed E-state index contributed by atoms with van der Waals surface area (Å²) >= 11 is 0. The number of fused-ring (bicyclic) bond motifs is 5. The molecule has 0 saturated heterocycles. The summed E-state index contributed by atoms with van der Waals surface area (Å²) in [5.74, 6) is 0.455. The van der Waals surface area contributed by atoms with E-state index in [9.17, 15) is 14.4 Å². The van der Waals surface area contributed by atoms with E-state index in [1.165, 1.54) is 29.0 Å². The van der Waals surface area contributed by atoms with E-state index < -0.39 is 17.0 Å². The Kier molecular flexibility index (Phi) is 4.86. The van der Waals surface area contributed by atoms with Crippen molar-refractivity contribution in [2.75, 3.05) is 25.5 Å². The van der Waals surface area contributed by atoms with Crippen molar-refractivity contribution in [3.63, 3.8) is 0 Å². The lowest BCUT2D eigenvalue weighted by Gasteiger charge is -2.12. The summed E-state index contributed by atoms with van der Waals surface area (Å²) in [5, 5.41) is 9.92. The third kappa shape index (κ3) is 3.28. The molecule has 0 aromatic heterocycles. The fraction of sp³-hybridized carbons (Fsp3) is 0.160. The maximum absolute atomic E-state index is 12.1. The minimum Gasteiger partial charge on any atom is -0.491 e. The van der Waals surface area contributed by atoms with Crippen molar-refractivity contribution in [3.05, 3.63) is 80.1 Å². The first-order valence-electron chi connectivity index (χ1n) is 10.3. The first kappa shape index (κ1) is 19.8. The number of hydrogen-bond donors (Lipinski definition) is 2. The molecule has 7 nitrogen and oxygen atoms in total. The second-order valence-electron chi connectivity index (χ2n) is 7.59. The molecule has 1 aliphatic carbocycles. The van der Waals surface area contributed by atoms with Crippen LogP contribution in [0, 0.1) is 0 Å². The number of carbonyl (C=O) groups is 1. The molecule has 0 bridgehead atoms. The first-order valence-corrected chi connectivity index (χ1v) is 10.3. The fourth-order valence-corrected chi connectivity index (χ4v) is 4.18. The number of anilines is 1. The average Bonchev–Trinajstić information content (AvgIpc) is 3.29. The van der Waals surface area contributed by atoms with Crippen molar-refractivity contribution in [2.45, 2.75) is 6.42 Å². The van der Waals surface area contributed by atoms with E-state index in [4.69, 9.17) is 9.47 Å². The number of nitrogens with one attached hydrogen (secondary N) is 2. The number of carbonyl (C=O) groups excluding carboxylic acids is 1. The largest absolute Gasteiger partial charge is 0.491 e. The van der Waals surface area contributed by atoms with Crippen molar-refractivity contribution >= 4 is 39.4 Å². The quantitative estimate of drug-likeness (QED) is 0.278. The van der Waals surface area contributed by atoms with Crippen molar-refractivity contribution in [1.82, 2.24) is 5.32 Å². The fourth-order valence-electron chi connectivity index (χ4n) is 4.18. The van der Waals surface area contributed by atoms with Gasteiger partial charge in [0.25, 0.3) is 10.9 Å². The van der Waals surface area contributed by atoms with Gasteiger partial charge < -0.3 is 20.1 Å². The minimum atomic E-state index is -0.646. The Morgan fingerprint density at radius 3 is 2.62 bits per heavy atom. The number of rotatable bonds is 6. The molecule has 160 valence electrons. The number of methoxy groups -OCH3 is 1. The standard InChI is InChI=1S/C25H20N2O5/c1-31-24-21(22(28)23(24)29)26-11-12-27-25(30)32-16-7-10-18-15(13-16)6-9-19-17-4-2-3-14(17)5-8-20(18)19/h2-3,5-10,13,26H,4,11-12H2,1H3,(H,27,30). The van der Waals surface area contributed by atoms with Crippen LogP contribution in [0.5, 0.6) is 11.5 Å². The summed E-state index contributed by atoms with van der Waals surface area (Å²) < 4.78 is 10.2. The number of hydrogen-bond acceptors (Lipinski definition) is 6. The second kappa shape index (κ2) is 7.85. The third-order valence-electron chi connectivity index (χ3n) is 5.73. The van der Waals surface area contributed by atoms with Crippen molar-refractivity contribution < 1.29 is 14.3 Å². The molecule has 0 fully saturated rings. The molecule has 0 radical (unpaired) electrons. The van der Waals surface area contributed by atoms with Gasteiger partial charge in [0.15, 0.2) is 5.75 Å². The molecule has 1 amide bonds. The van der Waals surface area contributed by atoms with Gasteiger partial charge in [-0.3, -0.25) is 9.59 Å². The summed E-state index contributed by atoms with van der Waals surface area (Å²) in [6, 6.07) is 14.0. The van der Waals surface area contributed by atoms with Gasteiger partial charge in [-0.2, -0.15) is 0 Å². The Morgan fingerprint density at radius 2 is 1.78 bits per heavy atom. The first-order chi connectivity index (χ1) is 15.6. The second-order valence-corrected chi connectivity index (χ2v) is 7.59. The maximum atomic E-state index is 12.1. The Morgan fingerprint density at radius 1 is 0.969 bits per heavy atom. The molecular formula is C25H20N2O5. The van der Waals surface area contributed by atoms with Gasteiger partial charge in [0, 0.05) is 13.1 Å². The van der Waals surface area contributed by atoms with E-state index >= 15 is 0 Å². The molecule has 2 N–H and O–H groups in total. The lowest BCUT2D eigenvalue weighted by molar-refractivity contribution is 0.201. The zero-order chi connectivity index (χ0) is 22.2. The summed E-state index contributed by atoms with van der Waals surface area (Å²) in [6.07, 6.45) is 4.67. The van der Waals surface area contributed by atoms with Crippen LogP contribution in [0.15, 0.2) is 58.1 Å². The molecule has 4 aromatic carbocycles. The molecule has 1 aliphatic rings. The molecule has 32 heavy (non-hydrogen) atoms. The van der Waals surface area contributed by atoms with Crippen LogP contribution in [-0.2, 0) is 6.42 Å². The predicted molar refractivity (Wildman–Crippen MR) is 125 cm³/mol. The molecule has 7 heteroatoms. The molecule has 0 aliphatic heterocycles. The van der Waals surface area contributed by atoms with Gasteiger partial charge in [0.2, 0.25) is 0 Å². The molecule has 0 saturated carbocycles. The van der Waals surface area contributed by atoms with Crippen molar-refractivity contribution in [2.24, 2.45) is 0 Å². The smallest absolute Gasteiger partial charge is 0.412 e. The molecule has 4 aromatic rings. The Bertz CT molecular complexity index is 1480. The van der Waals surface area contributed by atoms with Gasteiger partial charge in [0.05, 0.1) is 7.11 Å². The van der Waals surface area contributed by atoms with E-state index in [2.05, 4.69) is 41.0 Å². The van der Waals surface area contributed by atoms with Crippen LogP contribution in [-0.4, -0.2) is 26.3 Å². The molecular weight excluding hydrogens is 408 g/mol. The average molecular weight is 428 g/mol. The van der Waals surface area contributed by atoms with Crippen LogP contribution in [0.3, 0.4) is 0 Å². The lowest BCUT2D eigenvalue weighted by atomic mass is 9.96. The summed E-state index contributed by atoms with van der Waals surface area (Å²) in [7, 11) is 1.33. The van der Waals surface area contributed by atoms with E-state index in [1.807, 2.05) is 18.2 Å². The Hall–Kier alpha value is -4.13. The zero-order valence-corrected chi connectivity index (χ0v) is 17.4. The van der Waals surface area contributed by atoms with Gasteiger partial charge in [-0.05, 0) is 51.2 Å². The van der Waals surface area contributed by atoms with Crippen LogP contribution in [0.2, 0.25) is 0 Å². The Balaban J connectivity index is 1.23. The normalized spacial score (nSPS) is 12.3. The maximum Gasteiger partial charge on any atom is 0.412 e. The molecule has 0 atom stereocenters. The number of amides is 1. The monoisotopic (exact) mass is 428 g/mol. The van der Waals surface area contributed by atoms with Crippen LogP contribution >= 0.6 is 0 Å². The van der Waals surface area contributed by atoms with Crippen LogP contribution in [0.25, 0.3) is 27.6 Å². The topological polar surface area (TPSA) is 93.7 Å². The number of benzene rings is 3. The van der Waals surface area contributed by atoms with Gasteiger partial charge in [-0.1, -0.05) is 42.5 Å². The minimum absolute atomic E-state index is 0.0162. The van der Waals surface area contributed by atoms with Crippen LogP contribution in [0.1, 0.15) is 11.1 Å². The highest BCUT2D eigenvalue weighted by atomic mass is 16.6. The van der Waals surface area contributed by atoms with Crippen LogP contribution in [0.4, 0.5) is 10.5 Å². The summed E-state index contributed by atoms with van der Waals surface area (Å²) in [4.78, 5) is 34.9. The van der Waals surface area contributed by atoms with Crippen LogP contribution < -0.4 is 31.0 Å². The van der Waals surface area contributed by atoms with Crippen molar-refractivity contribution in [3.8, 4) is 11.5 Å². The highest BCUT2D eigenvalue weighted by Crippen LogP contribution is 2.34. The molecule has 0 spiro atoms. The van der Waals surface area contributed by atoms with E-state index in [-0.39, 0.29) is 24.5 Å². The molecule has 0 unspecified atom stereocenters. The van der Waals surface area contributed by atoms with Crippen molar-refractivity contribution in [1.29, 1.82) is 0 Å². The number of allylic oxidation sites excluding steroid dienone is 1. The van der Waals surface area contributed by atoms with Gasteiger partial charge in [-0.25, -0.2) is 4.79 Å². The highest BCUT2D eigenvalue weighted by molar-refractivity contribution is 6.09. The van der Waals surface area contributed by atoms with Gasteiger partial charge in [-0.15, -0.1) is 0 Å². The predicted octanol–water partition coefficient (Wildman–Crippen LogP) is 3.37. The summed E-state index contributed by atoms with van der Waals surface area (Å²) in [5.41, 5.74) is 1.49. The highest BCUT2D eigenvalue weighted by Gasteiger charge is 2.21. The van der Waals surface area contributed by atoms with E-state index in [0.717, 1.165) is 17.2 Å². The van der Waals surface area contributed by atoms with Gasteiger partial charge in [0.1, 0.15) is 11.4 Å². The Labute approximate surface area is 183 Å². The lowest BCUT2D eigenvalue weighted by Crippen LogP contribution is -2.37. The van der Waals surface area contributed by atoms with E-state index in [0.29, 0.717) is 5.75 Å². The molecule has 0 heterocycles. The molecule has 5 rings (SSSR count). The summed E-state index contributed by atoms with van der Waals surface area (Å²) in [6.45, 7) is 0.456. The van der Waals surface area contributed by atoms with E-state index in [1.54, 1.807) is 6.07 Å². The third-order valence-corrected chi connectivity index (χ3v) is 5.73. The number of ether oxygens (including phenoxy) is 2. The SMILES string of the molecule is COc1c(NCCNC(=O)Oc2ccc3c(ccc4c5c(ccc43)C=CC5)c2)c(=O)c1=O.